The van der Waals surface area contributed by atoms with Crippen LogP contribution in [0.3, 0.4) is 0 Å². The van der Waals surface area contributed by atoms with E-state index in [2.05, 4.69) is 20.7 Å². The fraction of sp³-hybridized carbons (Fsp3) is 0.250. The fourth-order valence-electron chi connectivity index (χ4n) is 3.95. The number of benzene rings is 3. The van der Waals surface area contributed by atoms with E-state index >= 15 is 0 Å². The van der Waals surface area contributed by atoms with Crippen molar-refractivity contribution in [3.63, 3.8) is 0 Å². The summed E-state index contributed by atoms with van der Waals surface area (Å²) in [6, 6.07) is 26.0. The molecule has 4 rings (SSSR count). The molecule has 184 valence electrons. The minimum Gasteiger partial charge on any atom is -0.489 e. The van der Waals surface area contributed by atoms with Gasteiger partial charge in [-0.25, -0.2) is 0 Å². The van der Waals surface area contributed by atoms with Gasteiger partial charge in [0.05, 0.1) is 0 Å². The van der Waals surface area contributed by atoms with Gasteiger partial charge in [0.1, 0.15) is 12.4 Å². The minimum absolute atomic E-state index is 0.0564. The van der Waals surface area contributed by atoms with Crippen LogP contribution in [0.25, 0.3) is 11.4 Å². The fourth-order valence-corrected chi connectivity index (χ4v) is 3.95. The van der Waals surface area contributed by atoms with Crippen LogP contribution in [0.1, 0.15) is 43.1 Å². The third-order valence-corrected chi connectivity index (χ3v) is 5.74. The van der Waals surface area contributed by atoms with Gasteiger partial charge in [0, 0.05) is 17.5 Å². The second-order valence-corrected chi connectivity index (χ2v) is 9.04. The molecule has 0 aliphatic heterocycles. The standard InChI is InChI=1S/C28H29N5O3/c1-20(2)18-28(21(3)34,33-31-26(30-32-33)23-13-8-5-9-14-23)29-27(35)24-15-10-16-25(17-24)36-19-22-11-6-4-7-12-22/h4-17,20H,18-19H2,1-3H3,(H,29,35). The highest BCUT2D eigenvalue weighted by atomic mass is 16.5. The van der Waals surface area contributed by atoms with Crippen LogP contribution in [0.5, 0.6) is 5.75 Å². The first-order chi connectivity index (χ1) is 17.4. The first-order valence-corrected chi connectivity index (χ1v) is 11.8. The van der Waals surface area contributed by atoms with Crippen molar-refractivity contribution in [2.24, 2.45) is 5.92 Å². The topological polar surface area (TPSA) is 99.0 Å². The smallest absolute Gasteiger partial charge is 0.253 e. The zero-order valence-corrected chi connectivity index (χ0v) is 20.6. The van der Waals surface area contributed by atoms with Crippen LogP contribution < -0.4 is 10.1 Å². The largest absolute Gasteiger partial charge is 0.489 e. The van der Waals surface area contributed by atoms with Gasteiger partial charge in [-0.3, -0.25) is 9.59 Å². The van der Waals surface area contributed by atoms with Crippen molar-refractivity contribution in [3.8, 4) is 17.1 Å². The Morgan fingerprint density at radius 3 is 2.33 bits per heavy atom. The molecule has 0 fully saturated rings. The number of nitrogens with zero attached hydrogens (tertiary/aromatic N) is 4. The Bertz CT molecular complexity index is 1320. The Morgan fingerprint density at radius 2 is 1.67 bits per heavy atom. The number of nitrogens with one attached hydrogen (secondary N) is 1. The first-order valence-electron chi connectivity index (χ1n) is 11.8. The van der Waals surface area contributed by atoms with Gasteiger partial charge in [0.2, 0.25) is 11.5 Å². The maximum atomic E-state index is 13.4. The van der Waals surface area contributed by atoms with Crippen molar-refractivity contribution in [3.05, 3.63) is 96.1 Å². The molecule has 4 aromatic rings. The third-order valence-electron chi connectivity index (χ3n) is 5.74. The van der Waals surface area contributed by atoms with Crippen LogP contribution in [-0.4, -0.2) is 31.9 Å². The Balaban J connectivity index is 1.60. The second-order valence-electron chi connectivity index (χ2n) is 9.04. The molecule has 1 unspecified atom stereocenters. The molecule has 1 atom stereocenters. The van der Waals surface area contributed by atoms with Gasteiger partial charge in [-0.05, 0) is 41.8 Å². The average molecular weight is 484 g/mol. The van der Waals surface area contributed by atoms with Crippen molar-refractivity contribution in [2.75, 3.05) is 0 Å². The molecule has 1 amide bonds. The molecule has 36 heavy (non-hydrogen) atoms. The van der Waals surface area contributed by atoms with Crippen LogP contribution >= 0.6 is 0 Å². The number of aromatic nitrogens is 4. The number of ether oxygens (including phenoxy) is 1. The molecule has 1 N–H and O–H groups in total. The van der Waals surface area contributed by atoms with Gasteiger partial charge in [0.25, 0.3) is 5.91 Å². The first kappa shape index (κ1) is 24.8. The number of hydrogen-bond acceptors (Lipinski definition) is 6. The molecular weight excluding hydrogens is 454 g/mol. The Kier molecular flexibility index (Phi) is 7.53. The summed E-state index contributed by atoms with van der Waals surface area (Å²) in [4.78, 5) is 27.7. The highest BCUT2D eigenvalue weighted by molar-refractivity contribution is 5.98. The molecule has 8 nitrogen and oxygen atoms in total. The number of rotatable bonds is 10. The monoisotopic (exact) mass is 483 g/mol. The average Bonchev–Trinajstić information content (AvgIpc) is 3.39. The molecular formula is C28H29N5O3. The molecule has 8 heteroatoms. The van der Waals surface area contributed by atoms with Crippen molar-refractivity contribution < 1.29 is 14.3 Å². The van der Waals surface area contributed by atoms with Crippen molar-refractivity contribution in [1.82, 2.24) is 25.5 Å². The highest BCUT2D eigenvalue weighted by Crippen LogP contribution is 2.25. The van der Waals surface area contributed by atoms with Crippen molar-refractivity contribution in [1.29, 1.82) is 0 Å². The Morgan fingerprint density at radius 1 is 0.972 bits per heavy atom. The van der Waals surface area contributed by atoms with Crippen LogP contribution in [0.15, 0.2) is 84.9 Å². The molecule has 3 aromatic carbocycles. The summed E-state index contributed by atoms with van der Waals surface area (Å²) in [5.74, 6) is 0.248. The minimum atomic E-state index is -1.49. The van der Waals surface area contributed by atoms with Gasteiger partial charge in [-0.15, -0.1) is 15.0 Å². The predicted octanol–water partition coefficient (Wildman–Crippen LogP) is 4.64. The van der Waals surface area contributed by atoms with E-state index < -0.39 is 11.6 Å². The summed E-state index contributed by atoms with van der Waals surface area (Å²) >= 11 is 0. The predicted molar refractivity (Wildman–Crippen MR) is 136 cm³/mol. The molecule has 0 spiro atoms. The van der Waals surface area contributed by atoms with Gasteiger partial charge in [0.15, 0.2) is 5.78 Å². The molecule has 1 aromatic heterocycles. The quantitative estimate of drug-likeness (QED) is 0.353. The number of carbonyl (C=O) groups excluding carboxylic acids is 2. The molecule has 0 radical (unpaired) electrons. The van der Waals surface area contributed by atoms with Crippen molar-refractivity contribution in [2.45, 2.75) is 39.5 Å². The number of Topliss-reactive ketones (excluding diaryl/α,β-unsaturated/α-hetero) is 1. The summed E-state index contributed by atoms with van der Waals surface area (Å²) in [6.45, 7) is 5.74. The molecule has 0 saturated carbocycles. The van der Waals surface area contributed by atoms with E-state index in [0.29, 0.717) is 30.2 Å². The third kappa shape index (κ3) is 5.66. The van der Waals surface area contributed by atoms with E-state index in [0.717, 1.165) is 11.1 Å². The van der Waals surface area contributed by atoms with Crippen LogP contribution in [0.4, 0.5) is 0 Å². The molecule has 0 aliphatic carbocycles. The molecule has 0 saturated heterocycles. The lowest BCUT2D eigenvalue weighted by molar-refractivity contribution is -0.129. The highest BCUT2D eigenvalue weighted by Gasteiger charge is 2.42. The second kappa shape index (κ2) is 10.9. The lowest BCUT2D eigenvalue weighted by atomic mass is 9.93. The van der Waals surface area contributed by atoms with E-state index in [1.54, 1.807) is 24.3 Å². The molecule has 0 bridgehead atoms. The summed E-state index contributed by atoms with van der Waals surface area (Å²) in [7, 11) is 0. The van der Waals surface area contributed by atoms with Gasteiger partial charge in [-0.2, -0.15) is 0 Å². The summed E-state index contributed by atoms with van der Waals surface area (Å²) in [5, 5.41) is 15.7. The summed E-state index contributed by atoms with van der Waals surface area (Å²) < 4.78 is 5.88. The zero-order chi connectivity index (χ0) is 25.5. The number of carbonyl (C=O) groups is 2. The van der Waals surface area contributed by atoms with E-state index in [-0.39, 0.29) is 11.7 Å². The lowest BCUT2D eigenvalue weighted by Crippen LogP contribution is -2.57. The van der Waals surface area contributed by atoms with Crippen LogP contribution in [0.2, 0.25) is 0 Å². The molecule has 0 aliphatic rings. The SMILES string of the molecule is CC(=O)C(CC(C)C)(NC(=O)c1cccc(OCc2ccccc2)c1)n1nnc(-c2ccccc2)n1. The number of amides is 1. The van der Waals surface area contributed by atoms with E-state index in [1.807, 2.05) is 74.5 Å². The van der Waals surface area contributed by atoms with Crippen LogP contribution in [-0.2, 0) is 17.1 Å². The normalized spacial score (nSPS) is 12.7. The number of tetrazole rings is 1. The maximum Gasteiger partial charge on any atom is 0.253 e. The zero-order valence-electron chi connectivity index (χ0n) is 20.6. The van der Waals surface area contributed by atoms with E-state index in [4.69, 9.17) is 4.74 Å². The van der Waals surface area contributed by atoms with Crippen LogP contribution in [0, 0.1) is 5.92 Å². The Hall–Kier alpha value is -4.33. The van der Waals surface area contributed by atoms with Gasteiger partial charge < -0.3 is 10.1 Å². The van der Waals surface area contributed by atoms with Gasteiger partial charge >= 0.3 is 0 Å². The Labute approximate surface area is 210 Å². The van der Waals surface area contributed by atoms with E-state index in [1.165, 1.54) is 11.7 Å². The summed E-state index contributed by atoms with van der Waals surface area (Å²) in [5.41, 5.74) is 0.650. The lowest BCUT2D eigenvalue weighted by Gasteiger charge is -2.32. The van der Waals surface area contributed by atoms with Crippen molar-refractivity contribution >= 4 is 11.7 Å². The number of ketones is 1. The maximum absolute atomic E-state index is 13.4. The van der Waals surface area contributed by atoms with E-state index in [9.17, 15) is 9.59 Å². The summed E-state index contributed by atoms with van der Waals surface area (Å²) in [6.07, 6.45) is 0.295. The van der Waals surface area contributed by atoms with Gasteiger partial charge in [-0.1, -0.05) is 80.6 Å². The number of hydrogen-bond donors (Lipinski definition) is 1. The molecule has 1 heterocycles.